The first-order chi connectivity index (χ1) is 9.88. The lowest BCUT2D eigenvalue weighted by molar-refractivity contribution is -0.139. The number of amides is 3. The maximum atomic E-state index is 11.7. The number of hydrogen-bond donors (Lipinski definition) is 3. The summed E-state index contributed by atoms with van der Waals surface area (Å²) in [4.78, 5) is 35.3. The van der Waals surface area contributed by atoms with Crippen LogP contribution in [0.1, 0.15) is 19.6 Å². The molecule has 0 bridgehead atoms. The zero-order valence-corrected chi connectivity index (χ0v) is 12.0. The lowest BCUT2D eigenvalue weighted by atomic mass is 10.3. The maximum absolute atomic E-state index is 11.7. The summed E-state index contributed by atoms with van der Waals surface area (Å²) in [6, 6.07) is 2.59. The number of carboxylic acids is 1. The Morgan fingerprint density at radius 3 is 2.57 bits per heavy atom. The van der Waals surface area contributed by atoms with Gasteiger partial charge in [-0.1, -0.05) is 0 Å². The first-order valence-electron chi connectivity index (χ1n) is 6.44. The van der Waals surface area contributed by atoms with Crippen LogP contribution in [0.2, 0.25) is 0 Å². The van der Waals surface area contributed by atoms with Gasteiger partial charge in [-0.3, -0.25) is 19.8 Å². The van der Waals surface area contributed by atoms with E-state index in [9.17, 15) is 14.4 Å². The van der Waals surface area contributed by atoms with E-state index in [2.05, 4.69) is 10.6 Å². The molecule has 0 saturated carbocycles. The summed E-state index contributed by atoms with van der Waals surface area (Å²) in [6.07, 6.45) is 1.48. The zero-order valence-electron chi connectivity index (χ0n) is 12.0. The number of carboxylic acid groups (broad SMARTS) is 1. The Morgan fingerprint density at radius 2 is 2.05 bits per heavy atom. The Hall–Kier alpha value is -2.35. The Kier molecular flexibility index (Phi) is 6.41. The molecule has 1 rings (SSSR count). The molecule has 8 heteroatoms. The van der Waals surface area contributed by atoms with E-state index in [1.807, 2.05) is 0 Å². The summed E-state index contributed by atoms with van der Waals surface area (Å²) >= 11 is 0. The number of furan rings is 1. The van der Waals surface area contributed by atoms with Crippen LogP contribution in [-0.2, 0) is 16.1 Å². The van der Waals surface area contributed by atoms with Crippen LogP contribution < -0.4 is 10.6 Å². The molecular weight excluding hydrogens is 278 g/mol. The molecule has 116 valence electrons. The van der Waals surface area contributed by atoms with Crippen molar-refractivity contribution in [3.8, 4) is 0 Å². The van der Waals surface area contributed by atoms with Crippen LogP contribution >= 0.6 is 0 Å². The molecule has 3 amide bonds. The molecule has 0 spiro atoms. The highest BCUT2D eigenvalue weighted by Crippen LogP contribution is 1.99. The van der Waals surface area contributed by atoms with Crippen LogP contribution in [0.15, 0.2) is 22.8 Å². The molecule has 0 aliphatic rings. The summed E-state index contributed by atoms with van der Waals surface area (Å²) in [5.74, 6) is -1.03. The topological polar surface area (TPSA) is 112 Å². The number of nitrogens with one attached hydrogen (secondary N) is 2. The number of nitrogens with zero attached hydrogens (tertiary/aromatic N) is 1. The molecule has 0 unspecified atom stereocenters. The summed E-state index contributed by atoms with van der Waals surface area (Å²) in [5.41, 5.74) is 0. The molecule has 1 aromatic heterocycles. The van der Waals surface area contributed by atoms with E-state index >= 15 is 0 Å². The minimum Gasteiger partial charge on any atom is -0.480 e. The predicted molar refractivity (Wildman–Crippen MR) is 73.4 cm³/mol. The number of urea groups is 1. The van der Waals surface area contributed by atoms with Gasteiger partial charge in [0.1, 0.15) is 5.76 Å². The number of carbonyl (C=O) groups excluding carboxylic acids is 2. The summed E-state index contributed by atoms with van der Waals surface area (Å²) in [5, 5.41) is 13.3. The van der Waals surface area contributed by atoms with Crippen molar-refractivity contribution in [3.05, 3.63) is 24.2 Å². The molecule has 1 heterocycles. The molecule has 1 aromatic rings. The van der Waals surface area contributed by atoms with Crippen molar-refractivity contribution in [2.75, 3.05) is 13.1 Å². The Bertz CT molecular complexity index is 484. The van der Waals surface area contributed by atoms with E-state index in [1.165, 1.54) is 11.2 Å². The van der Waals surface area contributed by atoms with Gasteiger partial charge in [0.15, 0.2) is 0 Å². The third kappa shape index (κ3) is 6.57. The lowest BCUT2D eigenvalue weighted by Gasteiger charge is -2.23. The molecule has 8 nitrogen and oxygen atoms in total. The van der Waals surface area contributed by atoms with E-state index in [-0.39, 0.29) is 25.7 Å². The van der Waals surface area contributed by atoms with Crippen LogP contribution in [0.5, 0.6) is 0 Å². The van der Waals surface area contributed by atoms with Crippen molar-refractivity contribution >= 4 is 17.9 Å². The molecule has 21 heavy (non-hydrogen) atoms. The fraction of sp³-hybridized carbons (Fsp3) is 0.462. The SMILES string of the molecule is CC(C)N(CC(=O)O)CC(=O)NC(=O)NCc1ccco1. The largest absolute Gasteiger partial charge is 0.480 e. The Morgan fingerprint density at radius 1 is 1.33 bits per heavy atom. The molecule has 0 atom stereocenters. The van der Waals surface area contributed by atoms with Crippen LogP contribution in [0.25, 0.3) is 0 Å². The van der Waals surface area contributed by atoms with Gasteiger partial charge in [0.25, 0.3) is 0 Å². The molecule has 0 radical (unpaired) electrons. The zero-order chi connectivity index (χ0) is 15.8. The van der Waals surface area contributed by atoms with Crippen molar-refractivity contribution in [2.24, 2.45) is 0 Å². The normalized spacial score (nSPS) is 10.7. The highest BCUT2D eigenvalue weighted by Gasteiger charge is 2.18. The quantitative estimate of drug-likeness (QED) is 0.671. The van der Waals surface area contributed by atoms with E-state index < -0.39 is 17.9 Å². The van der Waals surface area contributed by atoms with Gasteiger partial charge in [0.2, 0.25) is 5.91 Å². The average molecular weight is 297 g/mol. The second kappa shape index (κ2) is 8.05. The maximum Gasteiger partial charge on any atom is 0.321 e. The van der Waals surface area contributed by atoms with Gasteiger partial charge in [0.05, 0.1) is 25.9 Å². The number of aliphatic carboxylic acids is 1. The van der Waals surface area contributed by atoms with Gasteiger partial charge in [0, 0.05) is 6.04 Å². The van der Waals surface area contributed by atoms with Crippen molar-refractivity contribution in [2.45, 2.75) is 26.4 Å². The predicted octanol–water partition coefficient (Wildman–Crippen LogP) is 0.400. The van der Waals surface area contributed by atoms with Gasteiger partial charge >= 0.3 is 12.0 Å². The first kappa shape index (κ1) is 16.7. The van der Waals surface area contributed by atoms with Crippen LogP contribution in [0.4, 0.5) is 4.79 Å². The molecule has 3 N–H and O–H groups in total. The summed E-state index contributed by atoms with van der Waals surface area (Å²) < 4.78 is 5.03. The molecular formula is C13H19N3O5. The minimum absolute atomic E-state index is 0.127. The van der Waals surface area contributed by atoms with Gasteiger partial charge in [-0.25, -0.2) is 4.79 Å². The Labute approximate surface area is 122 Å². The van der Waals surface area contributed by atoms with E-state index in [0.29, 0.717) is 5.76 Å². The minimum atomic E-state index is -1.03. The number of imide groups is 1. The fourth-order valence-corrected chi connectivity index (χ4v) is 1.57. The van der Waals surface area contributed by atoms with Crippen LogP contribution in [-0.4, -0.2) is 47.0 Å². The second-order valence-corrected chi connectivity index (χ2v) is 4.70. The average Bonchev–Trinajstić information content (AvgIpc) is 2.87. The number of carbonyl (C=O) groups is 3. The van der Waals surface area contributed by atoms with Gasteiger partial charge < -0.3 is 14.8 Å². The van der Waals surface area contributed by atoms with Crippen molar-refractivity contribution in [3.63, 3.8) is 0 Å². The van der Waals surface area contributed by atoms with Gasteiger partial charge in [-0.15, -0.1) is 0 Å². The van der Waals surface area contributed by atoms with E-state index in [4.69, 9.17) is 9.52 Å². The van der Waals surface area contributed by atoms with Crippen molar-refractivity contribution in [1.82, 2.24) is 15.5 Å². The molecule has 0 aromatic carbocycles. The van der Waals surface area contributed by atoms with E-state index in [0.717, 1.165) is 0 Å². The van der Waals surface area contributed by atoms with E-state index in [1.54, 1.807) is 26.0 Å². The number of rotatable bonds is 7. The summed E-state index contributed by atoms with van der Waals surface area (Å²) in [7, 11) is 0. The summed E-state index contributed by atoms with van der Waals surface area (Å²) in [6.45, 7) is 3.27. The fourth-order valence-electron chi connectivity index (χ4n) is 1.57. The standard InChI is InChI=1S/C13H19N3O5/c1-9(2)16(8-12(18)19)7-11(17)15-13(20)14-6-10-4-3-5-21-10/h3-5,9H,6-8H2,1-2H3,(H,18,19)(H2,14,15,17,20). The number of hydrogen-bond acceptors (Lipinski definition) is 5. The van der Waals surface area contributed by atoms with Crippen LogP contribution in [0, 0.1) is 0 Å². The molecule has 0 saturated heterocycles. The van der Waals surface area contributed by atoms with Gasteiger partial charge in [-0.05, 0) is 26.0 Å². The highest BCUT2D eigenvalue weighted by atomic mass is 16.4. The Balaban J connectivity index is 2.37. The lowest BCUT2D eigenvalue weighted by Crippen LogP contribution is -2.47. The molecule has 0 aliphatic carbocycles. The van der Waals surface area contributed by atoms with Crippen LogP contribution in [0.3, 0.4) is 0 Å². The molecule has 0 fully saturated rings. The monoisotopic (exact) mass is 297 g/mol. The third-order valence-electron chi connectivity index (χ3n) is 2.67. The smallest absolute Gasteiger partial charge is 0.321 e. The van der Waals surface area contributed by atoms with Gasteiger partial charge in [-0.2, -0.15) is 0 Å². The first-order valence-corrected chi connectivity index (χ1v) is 6.44. The van der Waals surface area contributed by atoms with Crippen molar-refractivity contribution < 1.29 is 23.9 Å². The highest BCUT2D eigenvalue weighted by molar-refractivity contribution is 5.95. The second-order valence-electron chi connectivity index (χ2n) is 4.70. The van der Waals surface area contributed by atoms with Crippen molar-refractivity contribution in [1.29, 1.82) is 0 Å². The third-order valence-corrected chi connectivity index (χ3v) is 2.67. The molecule has 0 aliphatic heterocycles.